The van der Waals surface area contributed by atoms with Crippen LogP contribution in [-0.4, -0.2) is 10.2 Å². The van der Waals surface area contributed by atoms with E-state index >= 15 is 0 Å². The Morgan fingerprint density at radius 2 is 2.00 bits per heavy atom. The number of rotatable bonds is 2. The summed E-state index contributed by atoms with van der Waals surface area (Å²) in [5, 5.41) is 8.62. The first-order valence-electron chi connectivity index (χ1n) is 4.05. The van der Waals surface area contributed by atoms with Gasteiger partial charge < -0.3 is 5.73 Å². The molecule has 4 nitrogen and oxygen atoms in total. The molecular formula is C9H11N4+. The third kappa shape index (κ3) is 1.68. The highest BCUT2D eigenvalue weighted by molar-refractivity contribution is 5.51. The lowest BCUT2D eigenvalue weighted by atomic mass is 10.3. The number of para-hydroxylation sites is 1. The van der Waals surface area contributed by atoms with Gasteiger partial charge in [-0.15, -0.1) is 0 Å². The number of hydrogen-bond acceptors (Lipinski definition) is 2. The van der Waals surface area contributed by atoms with E-state index in [2.05, 4.69) is 10.2 Å². The van der Waals surface area contributed by atoms with E-state index in [1.807, 2.05) is 35.6 Å². The minimum absolute atomic E-state index is 0.670. The lowest BCUT2D eigenvalue weighted by molar-refractivity contribution is -0.482. The third-order valence-electron chi connectivity index (χ3n) is 1.81. The van der Waals surface area contributed by atoms with Crippen LogP contribution in [0.25, 0.3) is 0 Å². The summed E-state index contributed by atoms with van der Waals surface area (Å²) in [4.78, 5) is 0. The van der Waals surface area contributed by atoms with Gasteiger partial charge in [0.2, 0.25) is 5.82 Å². The van der Waals surface area contributed by atoms with Crippen LogP contribution in [0.3, 0.4) is 0 Å². The van der Waals surface area contributed by atoms with Gasteiger partial charge in [-0.1, -0.05) is 18.2 Å². The Morgan fingerprint density at radius 3 is 2.62 bits per heavy atom. The maximum Gasteiger partial charge on any atom is 0.248 e. The Labute approximate surface area is 75.8 Å². The van der Waals surface area contributed by atoms with Crippen LogP contribution >= 0.6 is 0 Å². The summed E-state index contributed by atoms with van der Waals surface area (Å²) < 4.78 is 0. The maximum absolute atomic E-state index is 5.66. The molecule has 0 saturated carbocycles. The molecule has 0 unspecified atom stereocenters. The molecule has 1 aromatic carbocycles. The molecule has 0 atom stereocenters. The predicted octanol–water partition coefficient (Wildman–Crippen LogP) is 0.518. The molecule has 1 aromatic heterocycles. The van der Waals surface area contributed by atoms with Crippen molar-refractivity contribution in [1.29, 1.82) is 0 Å². The number of nitrogens with zero attached hydrogens (tertiary/aromatic N) is 1. The van der Waals surface area contributed by atoms with Gasteiger partial charge in [-0.3, -0.25) is 5.32 Å². The number of aromatic amines is 1. The highest BCUT2D eigenvalue weighted by Gasteiger charge is 2.05. The van der Waals surface area contributed by atoms with E-state index in [0.29, 0.717) is 5.69 Å². The molecule has 2 aromatic rings. The Balaban J connectivity index is 2.20. The number of nitrogens with one attached hydrogen (secondary N) is 1. The first-order chi connectivity index (χ1) is 6.36. The quantitative estimate of drug-likeness (QED) is 0.582. The molecule has 66 valence electrons. The van der Waals surface area contributed by atoms with Crippen molar-refractivity contribution in [2.75, 3.05) is 5.73 Å². The number of benzene rings is 1. The molecule has 0 aliphatic carbocycles. The van der Waals surface area contributed by atoms with E-state index in [0.717, 1.165) is 11.5 Å². The Kier molecular flexibility index (Phi) is 1.97. The molecule has 0 spiro atoms. The number of nitrogens with two attached hydrogens (primary N) is 2. The summed E-state index contributed by atoms with van der Waals surface area (Å²) in [6.45, 7) is 0. The molecule has 0 aliphatic rings. The smallest absolute Gasteiger partial charge is 0.248 e. The molecule has 0 fully saturated rings. The Bertz CT molecular complexity index is 380. The zero-order chi connectivity index (χ0) is 9.10. The maximum atomic E-state index is 5.66. The molecule has 0 amide bonds. The third-order valence-corrected chi connectivity index (χ3v) is 1.81. The largest absolute Gasteiger partial charge is 0.391 e. The second-order valence-electron chi connectivity index (χ2n) is 2.79. The SMILES string of the molecule is Nc1cn[nH]c1[NH2+]c1ccccc1. The fourth-order valence-electron chi connectivity index (χ4n) is 1.14. The summed E-state index contributed by atoms with van der Waals surface area (Å²) in [6.07, 6.45) is 1.61. The monoisotopic (exact) mass is 175 g/mol. The molecule has 5 N–H and O–H groups in total. The fraction of sp³-hybridized carbons (Fsp3) is 0. The average Bonchev–Trinajstić information content (AvgIpc) is 2.54. The van der Waals surface area contributed by atoms with Crippen LogP contribution in [0, 0.1) is 0 Å². The number of aromatic nitrogens is 2. The van der Waals surface area contributed by atoms with Gasteiger partial charge in [-0.2, -0.15) is 5.10 Å². The van der Waals surface area contributed by atoms with Gasteiger partial charge in [0.05, 0.1) is 6.20 Å². The average molecular weight is 175 g/mol. The highest BCUT2D eigenvalue weighted by atomic mass is 15.2. The molecule has 0 radical (unpaired) electrons. The molecule has 2 rings (SSSR count). The van der Waals surface area contributed by atoms with Crippen molar-refractivity contribution in [2.45, 2.75) is 0 Å². The van der Waals surface area contributed by atoms with Crippen LogP contribution < -0.4 is 11.1 Å². The zero-order valence-electron chi connectivity index (χ0n) is 7.07. The van der Waals surface area contributed by atoms with E-state index in [1.165, 1.54) is 0 Å². The van der Waals surface area contributed by atoms with Gasteiger partial charge in [0.25, 0.3) is 0 Å². The molecule has 0 saturated heterocycles. The summed E-state index contributed by atoms with van der Waals surface area (Å²) in [5.74, 6) is 0.853. The molecular weight excluding hydrogens is 164 g/mol. The van der Waals surface area contributed by atoms with Crippen LogP contribution in [0.15, 0.2) is 36.5 Å². The van der Waals surface area contributed by atoms with Crippen molar-refractivity contribution in [3.8, 4) is 0 Å². The fourth-order valence-corrected chi connectivity index (χ4v) is 1.14. The van der Waals surface area contributed by atoms with Crippen molar-refractivity contribution in [3.05, 3.63) is 36.5 Å². The van der Waals surface area contributed by atoms with Crippen LogP contribution in [0.1, 0.15) is 0 Å². The number of quaternary nitrogens is 1. The van der Waals surface area contributed by atoms with Gasteiger partial charge >= 0.3 is 0 Å². The van der Waals surface area contributed by atoms with E-state index in [4.69, 9.17) is 5.73 Å². The molecule has 1 heterocycles. The highest BCUT2D eigenvalue weighted by Crippen LogP contribution is 2.08. The first-order valence-corrected chi connectivity index (χ1v) is 4.05. The number of hydrogen-bond donors (Lipinski definition) is 3. The van der Waals surface area contributed by atoms with Crippen molar-refractivity contribution < 1.29 is 5.32 Å². The minimum atomic E-state index is 0.670. The Hall–Kier alpha value is -1.81. The summed E-state index contributed by atoms with van der Waals surface area (Å²) >= 11 is 0. The normalized spacial score (nSPS) is 10.2. The van der Waals surface area contributed by atoms with Crippen LogP contribution in [-0.2, 0) is 0 Å². The summed E-state index contributed by atoms with van der Waals surface area (Å²) in [5.41, 5.74) is 7.44. The molecule has 13 heavy (non-hydrogen) atoms. The van der Waals surface area contributed by atoms with Gasteiger partial charge in [0.1, 0.15) is 11.4 Å². The van der Waals surface area contributed by atoms with E-state index in [-0.39, 0.29) is 0 Å². The topological polar surface area (TPSA) is 71.3 Å². The summed E-state index contributed by atoms with van der Waals surface area (Å²) in [6, 6.07) is 9.98. The van der Waals surface area contributed by atoms with Gasteiger partial charge in [0, 0.05) is 0 Å². The molecule has 0 bridgehead atoms. The number of H-pyrrole nitrogens is 1. The van der Waals surface area contributed by atoms with Gasteiger partial charge in [-0.25, -0.2) is 5.10 Å². The van der Waals surface area contributed by atoms with E-state index in [1.54, 1.807) is 6.20 Å². The van der Waals surface area contributed by atoms with Crippen molar-refractivity contribution in [1.82, 2.24) is 10.2 Å². The lowest BCUT2D eigenvalue weighted by Crippen LogP contribution is -2.71. The molecule has 0 aliphatic heterocycles. The Morgan fingerprint density at radius 1 is 1.23 bits per heavy atom. The van der Waals surface area contributed by atoms with Crippen LogP contribution in [0.4, 0.5) is 17.2 Å². The predicted molar refractivity (Wildman–Crippen MR) is 50.7 cm³/mol. The first kappa shape index (κ1) is 7.82. The van der Waals surface area contributed by atoms with E-state index in [9.17, 15) is 0 Å². The van der Waals surface area contributed by atoms with Crippen molar-refractivity contribution >= 4 is 17.2 Å². The standard InChI is InChI=1S/C9H10N4/c10-8-6-11-13-9(8)12-7-4-2-1-3-5-7/h1-6H,10H2,(H2,11,12,13)/p+1. The van der Waals surface area contributed by atoms with Crippen LogP contribution in [0.5, 0.6) is 0 Å². The minimum Gasteiger partial charge on any atom is -0.391 e. The molecule has 4 heteroatoms. The van der Waals surface area contributed by atoms with Crippen LogP contribution in [0.2, 0.25) is 0 Å². The lowest BCUT2D eigenvalue weighted by Gasteiger charge is -1.96. The van der Waals surface area contributed by atoms with Gasteiger partial charge in [0.15, 0.2) is 0 Å². The van der Waals surface area contributed by atoms with Crippen molar-refractivity contribution in [2.24, 2.45) is 0 Å². The number of nitrogen functional groups attached to an aromatic ring is 1. The second kappa shape index (κ2) is 3.28. The van der Waals surface area contributed by atoms with E-state index < -0.39 is 0 Å². The van der Waals surface area contributed by atoms with Crippen molar-refractivity contribution in [3.63, 3.8) is 0 Å². The second-order valence-corrected chi connectivity index (χ2v) is 2.79. The summed E-state index contributed by atoms with van der Waals surface area (Å²) in [7, 11) is 0. The van der Waals surface area contributed by atoms with Gasteiger partial charge in [-0.05, 0) is 12.1 Å². The zero-order valence-corrected chi connectivity index (χ0v) is 7.07. The number of anilines is 1.